The van der Waals surface area contributed by atoms with Crippen LogP contribution < -0.4 is 0 Å². The van der Waals surface area contributed by atoms with Gasteiger partial charge in [-0.25, -0.2) is 13.8 Å². The SMILES string of the molecule is O=C(c1ccc(F)cc1F)N1CCC(c2nc3ccccc3s2)CC1. The fraction of sp³-hybridized carbons (Fsp3) is 0.263. The van der Waals surface area contributed by atoms with Gasteiger partial charge < -0.3 is 4.90 Å². The molecule has 2 aromatic carbocycles. The van der Waals surface area contributed by atoms with Crippen LogP contribution in [0.4, 0.5) is 8.78 Å². The molecular formula is C19H16F2N2OS. The van der Waals surface area contributed by atoms with Crippen LogP contribution >= 0.6 is 11.3 Å². The number of carbonyl (C=O) groups excluding carboxylic acids is 1. The Labute approximate surface area is 147 Å². The highest BCUT2D eigenvalue weighted by molar-refractivity contribution is 7.18. The van der Waals surface area contributed by atoms with Gasteiger partial charge in [-0.1, -0.05) is 12.1 Å². The summed E-state index contributed by atoms with van der Waals surface area (Å²) in [6.07, 6.45) is 1.60. The Morgan fingerprint density at radius 2 is 1.88 bits per heavy atom. The molecule has 1 aromatic heterocycles. The van der Waals surface area contributed by atoms with Gasteiger partial charge in [-0.15, -0.1) is 11.3 Å². The zero-order valence-electron chi connectivity index (χ0n) is 13.4. The van der Waals surface area contributed by atoms with Crippen molar-refractivity contribution in [2.24, 2.45) is 0 Å². The van der Waals surface area contributed by atoms with E-state index in [4.69, 9.17) is 4.98 Å². The first kappa shape index (κ1) is 16.1. The van der Waals surface area contributed by atoms with Gasteiger partial charge in [-0.3, -0.25) is 4.79 Å². The van der Waals surface area contributed by atoms with E-state index in [1.54, 1.807) is 16.2 Å². The van der Waals surface area contributed by atoms with Crippen molar-refractivity contribution in [3.8, 4) is 0 Å². The van der Waals surface area contributed by atoms with E-state index in [1.165, 1.54) is 10.8 Å². The Balaban J connectivity index is 1.46. The van der Waals surface area contributed by atoms with Crippen molar-refractivity contribution >= 4 is 27.5 Å². The number of fused-ring (bicyclic) bond motifs is 1. The van der Waals surface area contributed by atoms with Crippen LogP contribution in [-0.4, -0.2) is 28.9 Å². The Morgan fingerprint density at radius 3 is 2.60 bits per heavy atom. The van der Waals surface area contributed by atoms with E-state index in [1.807, 2.05) is 18.2 Å². The summed E-state index contributed by atoms with van der Waals surface area (Å²) in [5.41, 5.74) is 0.939. The van der Waals surface area contributed by atoms with Crippen LogP contribution in [0.3, 0.4) is 0 Å². The highest BCUT2D eigenvalue weighted by atomic mass is 32.1. The average Bonchev–Trinajstić information content (AvgIpc) is 3.05. The Kier molecular flexibility index (Phi) is 4.21. The van der Waals surface area contributed by atoms with E-state index in [-0.39, 0.29) is 11.5 Å². The highest BCUT2D eigenvalue weighted by Gasteiger charge is 2.27. The van der Waals surface area contributed by atoms with E-state index in [0.717, 1.165) is 35.5 Å². The molecular weight excluding hydrogens is 342 g/mol. The second-order valence-corrected chi connectivity index (χ2v) is 7.27. The predicted octanol–water partition coefficient (Wildman–Crippen LogP) is 4.59. The molecule has 0 saturated carbocycles. The molecule has 1 aliphatic rings. The molecule has 0 N–H and O–H groups in total. The van der Waals surface area contributed by atoms with Gasteiger partial charge in [-0.05, 0) is 37.1 Å². The van der Waals surface area contributed by atoms with Crippen LogP contribution in [0.2, 0.25) is 0 Å². The largest absolute Gasteiger partial charge is 0.339 e. The fourth-order valence-corrected chi connectivity index (χ4v) is 4.36. The standard InChI is InChI=1S/C19H16F2N2OS/c20-13-5-6-14(15(21)11-13)19(24)23-9-7-12(8-10-23)18-22-16-3-1-2-4-17(16)25-18/h1-6,11-12H,7-10H2. The third-order valence-electron chi connectivity index (χ3n) is 4.60. The Morgan fingerprint density at radius 1 is 1.12 bits per heavy atom. The van der Waals surface area contributed by atoms with Gasteiger partial charge in [0.15, 0.2) is 0 Å². The second kappa shape index (κ2) is 6.52. The summed E-state index contributed by atoms with van der Waals surface area (Å²) in [5.74, 6) is -1.54. The van der Waals surface area contributed by atoms with E-state index in [0.29, 0.717) is 19.0 Å². The van der Waals surface area contributed by atoms with Gasteiger partial charge in [0.05, 0.1) is 20.8 Å². The molecule has 0 atom stereocenters. The van der Waals surface area contributed by atoms with Gasteiger partial charge in [0.2, 0.25) is 0 Å². The Hall–Kier alpha value is -2.34. The number of halogens is 2. The molecule has 0 bridgehead atoms. The average molecular weight is 358 g/mol. The number of benzene rings is 2. The topological polar surface area (TPSA) is 33.2 Å². The second-order valence-electron chi connectivity index (χ2n) is 6.21. The third kappa shape index (κ3) is 3.14. The molecule has 4 rings (SSSR count). The minimum Gasteiger partial charge on any atom is -0.339 e. The van der Waals surface area contributed by atoms with E-state index < -0.39 is 11.6 Å². The number of nitrogens with zero attached hydrogens (tertiary/aromatic N) is 2. The lowest BCUT2D eigenvalue weighted by Crippen LogP contribution is -2.38. The molecule has 1 saturated heterocycles. The van der Waals surface area contributed by atoms with Crippen molar-refractivity contribution in [1.29, 1.82) is 0 Å². The van der Waals surface area contributed by atoms with Crippen molar-refractivity contribution < 1.29 is 13.6 Å². The van der Waals surface area contributed by atoms with Gasteiger partial charge >= 0.3 is 0 Å². The minimum absolute atomic E-state index is 0.0696. The van der Waals surface area contributed by atoms with E-state index in [2.05, 4.69) is 6.07 Å². The lowest BCUT2D eigenvalue weighted by atomic mass is 9.97. The van der Waals surface area contributed by atoms with Gasteiger partial charge in [0, 0.05) is 25.1 Å². The lowest BCUT2D eigenvalue weighted by molar-refractivity contribution is 0.0708. The van der Waals surface area contributed by atoms with Gasteiger partial charge in [0.1, 0.15) is 11.6 Å². The molecule has 6 heteroatoms. The summed E-state index contributed by atoms with van der Waals surface area (Å²) in [5, 5.41) is 1.10. The zero-order chi connectivity index (χ0) is 17.4. The molecule has 128 valence electrons. The van der Waals surface area contributed by atoms with Crippen molar-refractivity contribution in [2.75, 3.05) is 13.1 Å². The number of carbonyl (C=O) groups is 1. The number of rotatable bonds is 2. The van der Waals surface area contributed by atoms with Crippen LogP contribution in [0, 0.1) is 11.6 Å². The van der Waals surface area contributed by atoms with Crippen LogP contribution in [0.5, 0.6) is 0 Å². The summed E-state index contributed by atoms with van der Waals surface area (Å²) in [6.45, 7) is 1.10. The summed E-state index contributed by atoms with van der Waals surface area (Å²) in [4.78, 5) is 18.8. The number of amides is 1. The molecule has 3 nitrogen and oxygen atoms in total. The molecule has 0 unspecified atom stereocenters. The van der Waals surface area contributed by atoms with Crippen LogP contribution in [0.1, 0.15) is 34.1 Å². The maximum Gasteiger partial charge on any atom is 0.256 e. The van der Waals surface area contributed by atoms with E-state index in [9.17, 15) is 13.6 Å². The highest BCUT2D eigenvalue weighted by Crippen LogP contribution is 2.34. The van der Waals surface area contributed by atoms with Crippen molar-refractivity contribution in [3.05, 3.63) is 64.7 Å². The molecule has 1 aliphatic heterocycles. The maximum atomic E-state index is 13.8. The molecule has 25 heavy (non-hydrogen) atoms. The lowest BCUT2D eigenvalue weighted by Gasteiger charge is -2.31. The number of likely N-dealkylation sites (tertiary alicyclic amines) is 1. The normalized spacial score (nSPS) is 15.7. The van der Waals surface area contributed by atoms with Crippen molar-refractivity contribution in [1.82, 2.24) is 9.88 Å². The van der Waals surface area contributed by atoms with E-state index >= 15 is 0 Å². The number of thiazole rings is 1. The Bertz CT molecular complexity index is 899. The predicted molar refractivity (Wildman–Crippen MR) is 93.9 cm³/mol. The molecule has 3 aromatic rings. The first-order valence-electron chi connectivity index (χ1n) is 8.21. The zero-order valence-corrected chi connectivity index (χ0v) is 14.2. The maximum absolute atomic E-state index is 13.8. The van der Waals surface area contributed by atoms with Crippen LogP contribution in [-0.2, 0) is 0 Å². The fourth-order valence-electron chi connectivity index (χ4n) is 3.23. The molecule has 0 radical (unpaired) electrons. The first-order valence-corrected chi connectivity index (χ1v) is 9.03. The molecule has 1 fully saturated rings. The molecule has 0 spiro atoms. The summed E-state index contributed by atoms with van der Waals surface area (Å²) < 4.78 is 28.0. The summed E-state index contributed by atoms with van der Waals surface area (Å²) in [7, 11) is 0. The van der Waals surface area contributed by atoms with Crippen molar-refractivity contribution in [3.63, 3.8) is 0 Å². The molecule has 2 heterocycles. The monoisotopic (exact) mass is 358 g/mol. The van der Waals surface area contributed by atoms with Crippen molar-refractivity contribution in [2.45, 2.75) is 18.8 Å². The van der Waals surface area contributed by atoms with Gasteiger partial charge in [-0.2, -0.15) is 0 Å². The molecule has 0 aliphatic carbocycles. The summed E-state index contributed by atoms with van der Waals surface area (Å²) in [6, 6.07) is 11.1. The quantitative estimate of drug-likeness (QED) is 0.671. The minimum atomic E-state index is -0.807. The number of hydrogen-bond donors (Lipinski definition) is 0. The summed E-state index contributed by atoms with van der Waals surface area (Å²) >= 11 is 1.70. The van der Waals surface area contributed by atoms with Gasteiger partial charge in [0.25, 0.3) is 5.91 Å². The van der Waals surface area contributed by atoms with Crippen LogP contribution in [0.15, 0.2) is 42.5 Å². The third-order valence-corrected chi connectivity index (χ3v) is 5.80. The number of hydrogen-bond acceptors (Lipinski definition) is 3. The number of piperidine rings is 1. The molecule has 1 amide bonds. The number of para-hydroxylation sites is 1. The number of aromatic nitrogens is 1. The first-order chi connectivity index (χ1) is 12.1. The van der Waals surface area contributed by atoms with Crippen LogP contribution in [0.25, 0.3) is 10.2 Å². The smallest absolute Gasteiger partial charge is 0.256 e.